The summed E-state index contributed by atoms with van der Waals surface area (Å²) < 4.78 is 22.3. The fourth-order valence-corrected chi connectivity index (χ4v) is 3.64. The van der Waals surface area contributed by atoms with E-state index in [-0.39, 0.29) is 11.5 Å². The van der Waals surface area contributed by atoms with Crippen molar-refractivity contribution >= 4 is 0 Å². The van der Waals surface area contributed by atoms with E-state index in [1.165, 1.54) is 0 Å². The van der Waals surface area contributed by atoms with E-state index in [4.69, 9.17) is 18.9 Å². The Morgan fingerprint density at radius 1 is 1.20 bits per heavy atom. The third-order valence-electron chi connectivity index (χ3n) is 4.67. The van der Waals surface area contributed by atoms with Crippen molar-refractivity contribution in [3.63, 3.8) is 0 Å². The molecule has 20 heavy (non-hydrogen) atoms. The van der Waals surface area contributed by atoms with Crippen LogP contribution in [-0.4, -0.2) is 53.9 Å². The summed E-state index contributed by atoms with van der Waals surface area (Å²) in [6.45, 7) is 9.84. The van der Waals surface area contributed by atoms with Crippen LogP contribution in [0.4, 0.5) is 0 Å². The lowest BCUT2D eigenvalue weighted by molar-refractivity contribution is -0.0759. The molecule has 0 saturated carbocycles. The Labute approximate surface area is 124 Å². The Morgan fingerprint density at radius 3 is 2.45 bits per heavy atom. The van der Waals surface area contributed by atoms with Crippen LogP contribution in [0.5, 0.6) is 0 Å². The molecule has 5 unspecified atom stereocenters. The van der Waals surface area contributed by atoms with Gasteiger partial charge in [-0.05, 0) is 24.2 Å². The molecule has 0 amide bonds. The lowest BCUT2D eigenvalue weighted by atomic mass is 9.70. The molecule has 1 heterocycles. The molecular formula is C16H32O4. The predicted molar refractivity (Wildman–Crippen MR) is 79.9 cm³/mol. The smallest absolute Gasteiger partial charge is 0.0686 e. The molecule has 0 aliphatic carbocycles. The molecule has 120 valence electrons. The summed E-state index contributed by atoms with van der Waals surface area (Å²) >= 11 is 0. The van der Waals surface area contributed by atoms with Gasteiger partial charge in [-0.25, -0.2) is 0 Å². The average molecular weight is 288 g/mol. The van der Waals surface area contributed by atoms with Gasteiger partial charge in [-0.1, -0.05) is 20.8 Å². The molecule has 1 fully saturated rings. The van der Waals surface area contributed by atoms with Gasteiger partial charge in [0.2, 0.25) is 0 Å². The summed E-state index contributed by atoms with van der Waals surface area (Å²) in [6.07, 6.45) is 1.16. The maximum absolute atomic E-state index is 6.17. The molecule has 1 aliphatic heterocycles. The van der Waals surface area contributed by atoms with Crippen molar-refractivity contribution in [1.82, 2.24) is 0 Å². The van der Waals surface area contributed by atoms with Crippen molar-refractivity contribution in [1.29, 1.82) is 0 Å². The molecule has 0 aromatic heterocycles. The van der Waals surface area contributed by atoms with Gasteiger partial charge in [0.05, 0.1) is 12.7 Å². The first kappa shape index (κ1) is 17.9. The minimum Gasteiger partial charge on any atom is -0.385 e. The average Bonchev–Trinajstić information content (AvgIpc) is 2.79. The maximum Gasteiger partial charge on any atom is 0.0686 e. The van der Waals surface area contributed by atoms with E-state index in [0.29, 0.717) is 24.4 Å². The summed E-state index contributed by atoms with van der Waals surface area (Å²) in [5.41, 5.74) is -0.0117. The minimum atomic E-state index is -0.0117. The van der Waals surface area contributed by atoms with Crippen LogP contribution < -0.4 is 0 Å². The Hall–Kier alpha value is -0.160. The third-order valence-corrected chi connectivity index (χ3v) is 4.67. The van der Waals surface area contributed by atoms with Crippen LogP contribution in [0.3, 0.4) is 0 Å². The normalized spacial score (nSPS) is 31.2. The third kappa shape index (κ3) is 4.17. The van der Waals surface area contributed by atoms with E-state index >= 15 is 0 Å². The summed E-state index contributed by atoms with van der Waals surface area (Å²) in [4.78, 5) is 0. The van der Waals surface area contributed by atoms with Gasteiger partial charge in [0.25, 0.3) is 0 Å². The molecule has 4 heteroatoms. The van der Waals surface area contributed by atoms with Crippen molar-refractivity contribution in [3.05, 3.63) is 0 Å². The van der Waals surface area contributed by atoms with Gasteiger partial charge < -0.3 is 18.9 Å². The predicted octanol–water partition coefficient (Wildman–Crippen LogP) is 2.61. The van der Waals surface area contributed by atoms with Crippen molar-refractivity contribution in [2.45, 2.75) is 33.3 Å². The van der Waals surface area contributed by atoms with E-state index in [9.17, 15) is 0 Å². The maximum atomic E-state index is 6.17. The van der Waals surface area contributed by atoms with Gasteiger partial charge in [0.15, 0.2) is 0 Å². The standard InChI is InChI=1S/C16H32O4/c1-12(9-18-5)14-13(2)10-20-15(14)16(3,11-19-6)7-8-17-4/h12-15H,7-11H2,1-6H3. The minimum absolute atomic E-state index is 0.0117. The van der Waals surface area contributed by atoms with Gasteiger partial charge in [-0.3, -0.25) is 0 Å². The molecule has 1 aliphatic rings. The van der Waals surface area contributed by atoms with Gasteiger partial charge in [0.1, 0.15) is 0 Å². The van der Waals surface area contributed by atoms with Crippen molar-refractivity contribution in [2.24, 2.45) is 23.2 Å². The molecule has 0 N–H and O–H groups in total. The van der Waals surface area contributed by atoms with Crippen molar-refractivity contribution < 1.29 is 18.9 Å². The molecule has 4 nitrogen and oxygen atoms in total. The molecule has 0 spiro atoms. The highest BCUT2D eigenvalue weighted by Crippen LogP contribution is 2.44. The Balaban J connectivity index is 2.86. The molecule has 0 aromatic rings. The van der Waals surface area contributed by atoms with Crippen LogP contribution >= 0.6 is 0 Å². The van der Waals surface area contributed by atoms with Crippen LogP contribution in [-0.2, 0) is 18.9 Å². The molecule has 0 bridgehead atoms. The monoisotopic (exact) mass is 288 g/mol. The van der Waals surface area contributed by atoms with Gasteiger partial charge in [0, 0.05) is 46.6 Å². The highest BCUT2D eigenvalue weighted by molar-refractivity contribution is 4.95. The van der Waals surface area contributed by atoms with Gasteiger partial charge in [-0.2, -0.15) is 0 Å². The van der Waals surface area contributed by atoms with Crippen LogP contribution in [0.15, 0.2) is 0 Å². The molecule has 0 aromatic carbocycles. The number of methoxy groups -OCH3 is 3. The lowest BCUT2D eigenvalue weighted by Gasteiger charge is -2.40. The zero-order chi connectivity index (χ0) is 15.2. The van der Waals surface area contributed by atoms with Gasteiger partial charge >= 0.3 is 0 Å². The van der Waals surface area contributed by atoms with Gasteiger partial charge in [-0.15, -0.1) is 0 Å². The first-order chi connectivity index (χ1) is 9.50. The Kier molecular flexibility index (Phi) is 7.45. The summed E-state index contributed by atoms with van der Waals surface area (Å²) in [5, 5.41) is 0. The Morgan fingerprint density at radius 2 is 1.90 bits per heavy atom. The second-order valence-corrected chi connectivity index (χ2v) is 6.57. The molecule has 1 saturated heterocycles. The van der Waals surface area contributed by atoms with Crippen LogP contribution in [0.25, 0.3) is 0 Å². The summed E-state index contributed by atoms with van der Waals surface area (Å²) in [5.74, 6) is 1.55. The molecule has 0 radical (unpaired) electrons. The summed E-state index contributed by atoms with van der Waals surface area (Å²) in [6, 6.07) is 0. The lowest BCUT2D eigenvalue weighted by Crippen LogP contribution is -2.44. The van der Waals surface area contributed by atoms with Crippen LogP contribution in [0, 0.1) is 23.2 Å². The SMILES string of the molecule is COCCC(C)(COC)C1OCC(C)C1C(C)COC. The van der Waals surface area contributed by atoms with E-state index in [1.807, 2.05) is 0 Å². The highest BCUT2D eigenvalue weighted by atomic mass is 16.5. The molecule has 5 atom stereocenters. The molecule has 1 rings (SSSR count). The number of hydrogen-bond donors (Lipinski definition) is 0. The van der Waals surface area contributed by atoms with Crippen LogP contribution in [0.2, 0.25) is 0 Å². The topological polar surface area (TPSA) is 36.9 Å². The van der Waals surface area contributed by atoms with Crippen molar-refractivity contribution in [3.8, 4) is 0 Å². The van der Waals surface area contributed by atoms with E-state index in [2.05, 4.69) is 20.8 Å². The fourth-order valence-electron chi connectivity index (χ4n) is 3.64. The summed E-state index contributed by atoms with van der Waals surface area (Å²) in [7, 11) is 5.28. The zero-order valence-electron chi connectivity index (χ0n) is 14.0. The van der Waals surface area contributed by atoms with Crippen molar-refractivity contribution in [2.75, 3.05) is 47.8 Å². The second kappa shape index (κ2) is 8.32. The van der Waals surface area contributed by atoms with Crippen LogP contribution in [0.1, 0.15) is 27.2 Å². The largest absolute Gasteiger partial charge is 0.385 e. The number of rotatable bonds is 9. The number of hydrogen-bond acceptors (Lipinski definition) is 4. The number of ether oxygens (including phenoxy) is 4. The highest BCUT2D eigenvalue weighted by Gasteiger charge is 2.47. The second-order valence-electron chi connectivity index (χ2n) is 6.57. The quantitative estimate of drug-likeness (QED) is 0.653. The van der Waals surface area contributed by atoms with E-state index in [1.54, 1.807) is 21.3 Å². The molecular weight excluding hydrogens is 256 g/mol. The van der Waals surface area contributed by atoms with E-state index < -0.39 is 0 Å². The zero-order valence-corrected chi connectivity index (χ0v) is 14.0. The van der Waals surface area contributed by atoms with E-state index in [0.717, 1.165) is 26.2 Å². The first-order valence-electron chi connectivity index (χ1n) is 7.58. The Bertz CT molecular complexity index is 271. The fraction of sp³-hybridized carbons (Fsp3) is 1.00. The first-order valence-corrected chi connectivity index (χ1v) is 7.58.